The van der Waals surface area contributed by atoms with Gasteiger partial charge in [-0.05, 0) is 49.2 Å². The Morgan fingerprint density at radius 3 is 2.28 bits per heavy atom. The molecule has 0 saturated heterocycles. The number of nitrogens with zero attached hydrogens (tertiary/aromatic N) is 1. The summed E-state index contributed by atoms with van der Waals surface area (Å²) in [5.41, 5.74) is 2.13. The molecule has 7 nitrogen and oxygen atoms in total. The average molecular weight is 402 g/mol. The molecule has 0 aromatic heterocycles. The summed E-state index contributed by atoms with van der Waals surface area (Å²) in [6, 6.07) is 11.8. The Kier molecular flexibility index (Phi) is 8.95. The quantitative estimate of drug-likeness (QED) is 0.362. The minimum absolute atomic E-state index is 0.463. The topological polar surface area (TPSA) is 73.3 Å². The zero-order valence-electron chi connectivity index (χ0n) is 17.9. The number of aryl methyl sites for hydroxylation is 1. The maximum atomic E-state index is 5.77. The van der Waals surface area contributed by atoms with E-state index in [4.69, 9.17) is 18.9 Å². The number of guanidine groups is 1. The summed E-state index contributed by atoms with van der Waals surface area (Å²) >= 11 is 0. The molecule has 0 radical (unpaired) electrons. The fourth-order valence-corrected chi connectivity index (χ4v) is 2.78. The second-order valence-corrected chi connectivity index (χ2v) is 6.32. The number of rotatable bonds is 10. The van der Waals surface area contributed by atoms with Gasteiger partial charge in [0.1, 0.15) is 12.4 Å². The molecule has 2 aromatic carbocycles. The summed E-state index contributed by atoms with van der Waals surface area (Å²) in [5.74, 6) is 3.38. The first-order chi connectivity index (χ1) is 14.1. The zero-order valence-corrected chi connectivity index (χ0v) is 17.9. The molecule has 0 aliphatic heterocycles. The van der Waals surface area contributed by atoms with Crippen LogP contribution in [0.15, 0.2) is 41.4 Å². The van der Waals surface area contributed by atoms with Crippen molar-refractivity contribution in [2.24, 2.45) is 4.99 Å². The van der Waals surface area contributed by atoms with Crippen molar-refractivity contribution in [1.29, 1.82) is 0 Å². The minimum atomic E-state index is 0.463. The summed E-state index contributed by atoms with van der Waals surface area (Å²) in [6.45, 7) is 6.47. The fraction of sp³-hybridized carbons (Fsp3) is 0.409. The van der Waals surface area contributed by atoms with Gasteiger partial charge in [-0.3, -0.25) is 0 Å². The zero-order chi connectivity index (χ0) is 21.1. The van der Waals surface area contributed by atoms with E-state index in [1.54, 1.807) is 21.3 Å². The number of benzene rings is 2. The average Bonchev–Trinajstić information content (AvgIpc) is 2.74. The van der Waals surface area contributed by atoms with E-state index in [-0.39, 0.29) is 0 Å². The first-order valence-corrected chi connectivity index (χ1v) is 9.61. The molecule has 0 aliphatic carbocycles. The van der Waals surface area contributed by atoms with Crippen molar-refractivity contribution in [2.45, 2.75) is 20.4 Å². The van der Waals surface area contributed by atoms with Crippen LogP contribution in [0.5, 0.6) is 23.0 Å². The Labute approximate surface area is 173 Å². The Morgan fingerprint density at radius 1 is 0.966 bits per heavy atom. The van der Waals surface area contributed by atoms with Crippen LogP contribution in [0.2, 0.25) is 0 Å². The van der Waals surface area contributed by atoms with Gasteiger partial charge in [0.25, 0.3) is 0 Å². The maximum Gasteiger partial charge on any atom is 0.203 e. The van der Waals surface area contributed by atoms with E-state index in [1.165, 1.54) is 5.56 Å². The second-order valence-electron chi connectivity index (χ2n) is 6.32. The largest absolute Gasteiger partial charge is 0.493 e. The van der Waals surface area contributed by atoms with Crippen LogP contribution in [0, 0.1) is 6.92 Å². The molecule has 0 fully saturated rings. The molecule has 2 aromatic rings. The van der Waals surface area contributed by atoms with Crippen molar-refractivity contribution >= 4 is 5.96 Å². The van der Waals surface area contributed by atoms with Gasteiger partial charge in [0.2, 0.25) is 5.75 Å². The minimum Gasteiger partial charge on any atom is -0.493 e. The molecule has 0 saturated carbocycles. The Morgan fingerprint density at radius 2 is 1.69 bits per heavy atom. The van der Waals surface area contributed by atoms with Crippen molar-refractivity contribution in [3.05, 3.63) is 47.5 Å². The van der Waals surface area contributed by atoms with Crippen LogP contribution in [-0.4, -0.2) is 47.0 Å². The third kappa shape index (κ3) is 6.78. The molecular weight excluding hydrogens is 370 g/mol. The predicted octanol–water partition coefficient (Wildman–Crippen LogP) is 3.15. The van der Waals surface area contributed by atoms with Crippen LogP contribution in [0.4, 0.5) is 0 Å². The molecule has 29 heavy (non-hydrogen) atoms. The normalized spacial score (nSPS) is 11.0. The van der Waals surface area contributed by atoms with Crippen LogP contribution < -0.4 is 29.6 Å². The second kappa shape index (κ2) is 11.7. The summed E-state index contributed by atoms with van der Waals surface area (Å²) in [7, 11) is 4.79. The molecule has 0 spiro atoms. The van der Waals surface area contributed by atoms with Gasteiger partial charge in [-0.2, -0.15) is 0 Å². The van der Waals surface area contributed by atoms with E-state index in [2.05, 4.69) is 15.6 Å². The van der Waals surface area contributed by atoms with Gasteiger partial charge in [0.15, 0.2) is 17.5 Å². The molecule has 2 rings (SSSR count). The van der Waals surface area contributed by atoms with Crippen LogP contribution in [0.3, 0.4) is 0 Å². The molecule has 0 unspecified atom stereocenters. The van der Waals surface area contributed by atoms with Gasteiger partial charge in [0.05, 0.1) is 34.4 Å². The first-order valence-electron chi connectivity index (χ1n) is 9.61. The molecule has 158 valence electrons. The highest BCUT2D eigenvalue weighted by atomic mass is 16.5. The maximum absolute atomic E-state index is 5.77. The smallest absolute Gasteiger partial charge is 0.203 e. The summed E-state index contributed by atoms with van der Waals surface area (Å²) < 4.78 is 21.9. The van der Waals surface area contributed by atoms with Gasteiger partial charge in [-0.15, -0.1) is 0 Å². The molecule has 0 aliphatic rings. The van der Waals surface area contributed by atoms with Gasteiger partial charge < -0.3 is 29.6 Å². The monoisotopic (exact) mass is 401 g/mol. The number of hydrogen-bond acceptors (Lipinski definition) is 5. The highest BCUT2D eigenvalue weighted by Gasteiger charge is 2.13. The Hall–Kier alpha value is -3.09. The molecule has 0 bridgehead atoms. The molecule has 0 atom stereocenters. The predicted molar refractivity (Wildman–Crippen MR) is 116 cm³/mol. The van der Waals surface area contributed by atoms with Crippen molar-refractivity contribution < 1.29 is 18.9 Å². The third-order valence-corrected chi connectivity index (χ3v) is 4.14. The number of hydrogen-bond donors (Lipinski definition) is 2. The number of methoxy groups -OCH3 is 3. The van der Waals surface area contributed by atoms with E-state index in [0.29, 0.717) is 42.9 Å². The molecule has 0 heterocycles. The van der Waals surface area contributed by atoms with Gasteiger partial charge >= 0.3 is 0 Å². The van der Waals surface area contributed by atoms with E-state index in [1.807, 2.05) is 50.2 Å². The van der Waals surface area contributed by atoms with Gasteiger partial charge in [-0.25, -0.2) is 4.99 Å². The van der Waals surface area contributed by atoms with E-state index < -0.39 is 0 Å². The highest BCUT2D eigenvalue weighted by Crippen LogP contribution is 2.38. The van der Waals surface area contributed by atoms with Crippen LogP contribution in [0.25, 0.3) is 0 Å². The number of nitrogens with one attached hydrogen (secondary N) is 2. The van der Waals surface area contributed by atoms with E-state index in [0.717, 1.165) is 17.9 Å². The van der Waals surface area contributed by atoms with E-state index in [9.17, 15) is 0 Å². The molecule has 2 N–H and O–H groups in total. The van der Waals surface area contributed by atoms with Crippen molar-refractivity contribution in [2.75, 3.05) is 41.0 Å². The van der Waals surface area contributed by atoms with E-state index >= 15 is 0 Å². The standard InChI is InChI=1S/C22H31N3O4/c1-6-23-22(24-10-11-29-18-9-7-8-16(2)12-18)25-15-17-13-19(26-3)21(28-5)20(14-17)27-4/h7-9,12-14H,6,10-11,15H2,1-5H3,(H2,23,24,25). The SMILES string of the molecule is CCNC(=NCc1cc(OC)c(OC)c(OC)c1)NCCOc1cccc(C)c1. The molecule has 7 heteroatoms. The first kappa shape index (κ1) is 22.2. The van der Waals surface area contributed by atoms with Crippen LogP contribution >= 0.6 is 0 Å². The lowest BCUT2D eigenvalue weighted by molar-refractivity contribution is 0.321. The summed E-state index contributed by atoms with van der Waals surface area (Å²) in [5, 5.41) is 6.52. The highest BCUT2D eigenvalue weighted by molar-refractivity contribution is 5.79. The lowest BCUT2D eigenvalue weighted by Gasteiger charge is -2.14. The Balaban J connectivity index is 1.97. The van der Waals surface area contributed by atoms with Gasteiger partial charge in [-0.1, -0.05) is 12.1 Å². The summed E-state index contributed by atoms with van der Waals surface area (Å²) in [4.78, 5) is 4.64. The lowest BCUT2D eigenvalue weighted by Crippen LogP contribution is -2.39. The van der Waals surface area contributed by atoms with Crippen LogP contribution in [0.1, 0.15) is 18.1 Å². The van der Waals surface area contributed by atoms with Gasteiger partial charge in [0, 0.05) is 6.54 Å². The lowest BCUT2D eigenvalue weighted by atomic mass is 10.2. The molecular formula is C22H31N3O4. The van der Waals surface area contributed by atoms with Crippen molar-refractivity contribution in [3.8, 4) is 23.0 Å². The fourth-order valence-electron chi connectivity index (χ4n) is 2.78. The third-order valence-electron chi connectivity index (χ3n) is 4.14. The van der Waals surface area contributed by atoms with Crippen molar-refractivity contribution in [3.63, 3.8) is 0 Å². The molecule has 0 amide bonds. The number of aliphatic imine (C=N–C) groups is 1. The number of ether oxygens (including phenoxy) is 4. The van der Waals surface area contributed by atoms with Crippen LogP contribution in [-0.2, 0) is 6.54 Å². The van der Waals surface area contributed by atoms with Crippen molar-refractivity contribution in [1.82, 2.24) is 10.6 Å². The Bertz CT molecular complexity index is 783. The summed E-state index contributed by atoms with van der Waals surface area (Å²) in [6.07, 6.45) is 0.